The van der Waals surface area contributed by atoms with E-state index < -0.39 is 22.2 Å². The van der Waals surface area contributed by atoms with Gasteiger partial charge >= 0.3 is 0 Å². The van der Waals surface area contributed by atoms with Crippen LogP contribution in [0.2, 0.25) is 0 Å². The number of morpholine rings is 1. The van der Waals surface area contributed by atoms with Gasteiger partial charge < -0.3 is 10.5 Å². The second-order valence-electron chi connectivity index (χ2n) is 4.88. The van der Waals surface area contributed by atoms with Crippen LogP contribution in [-0.4, -0.2) is 61.8 Å². The van der Waals surface area contributed by atoms with Gasteiger partial charge in [-0.05, 0) is 12.3 Å². The van der Waals surface area contributed by atoms with Crippen LogP contribution in [0.1, 0.15) is 13.3 Å². The van der Waals surface area contributed by atoms with Gasteiger partial charge in [-0.25, -0.2) is 0 Å². The third kappa shape index (κ3) is 2.66. The molecule has 0 unspecified atom stereocenters. The summed E-state index contributed by atoms with van der Waals surface area (Å²) in [6.07, 6.45) is 0.0385. The summed E-state index contributed by atoms with van der Waals surface area (Å²) in [5.74, 6) is -0.238. The van der Waals surface area contributed by atoms with Crippen LogP contribution in [0, 0.1) is 5.92 Å². The summed E-state index contributed by atoms with van der Waals surface area (Å²) in [5, 5.41) is 0. The van der Waals surface area contributed by atoms with E-state index >= 15 is 0 Å². The van der Waals surface area contributed by atoms with Crippen LogP contribution in [0.5, 0.6) is 0 Å². The molecular formula is C10H19N3O4S. The molecule has 7 nitrogen and oxygen atoms in total. The zero-order valence-electron chi connectivity index (χ0n) is 10.4. The lowest BCUT2D eigenvalue weighted by Gasteiger charge is -2.33. The van der Waals surface area contributed by atoms with Gasteiger partial charge in [-0.3, -0.25) is 4.79 Å². The molecule has 0 aromatic carbocycles. The second kappa shape index (κ2) is 5.12. The third-order valence-electron chi connectivity index (χ3n) is 3.39. The second-order valence-corrected chi connectivity index (χ2v) is 6.81. The van der Waals surface area contributed by atoms with Gasteiger partial charge in [0.05, 0.1) is 13.2 Å². The molecule has 0 saturated carbocycles. The number of nitrogens with zero attached hydrogens (tertiary/aromatic N) is 2. The summed E-state index contributed by atoms with van der Waals surface area (Å²) >= 11 is 0. The van der Waals surface area contributed by atoms with E-state index in [0.29, 0.717) is 19.0 Å². The topological polar surface area (TPSA) is 92.9 Å². The van der Waals surface area contributed by atoms with Gasteiger partial charge in [-0.2, -0.15) is 17.0 Å². The molecule has 0 aromatic heterocycles. The van der Waals surface area contributed by atoms with Gasteiger partial charge in [0.25, 0.3) is 10.2 Å². The van der Waals surface area contributed by atoms with E-state index in [1.54, 1.807) is 0 Å². The van der Waals surface area contributed by atoms with Crippen LogP contribution < -0.4 is 5.73 Å². The summed E-state index contributed by atoms with van der Waals surface area (Å²) < 4.78 is 32.6. The first-order chi connectivity index (χ1) is 8.41. The largest absolute Gasteiger partial charge is 0.367 e. The number of ether oxygens (including phenoxy) is 1. The quantitative estimate of drug-likeness (QED) is 0.698. The van der Waals surface area contributed by atoms with Crippen LogP contribution in [0.4, 0.5) is 0 Å². The lowest BCUT2D eigenvalue weighted by Crippen LogP contribution is -2.53. The number of amides is 1. The average Bonchev–Trinajstić information content (AvgIpc) is 2.77. The van der Waals surface area contributed by atoms with E-state index in [4.69, 9.17) is 10.5 Å². The fraction of sp³-hybridized carbons (Fsp3) is 0.900. The van der Waals surface area contributed by atoms with E-state index in [-0.39, 0.29) is 19.7 Å². The zero-order chi connectivity index (χ0) is 13.3. The molecule has 1 amide bonds. The predicted molar refractivity (Wildman–Crippen MR) is 64.8 cm³/mol. The molecule has 0 aliphatic carbocycles. The summed E-state index contributed by atoms with van der Waals surface area (Å²) in [7, 11) is -3.48. The van der Waals surface area contributed by atoms with Crippen LogP contribution in [-0.2, 0) is 19.7 Å². The predicted octanol–water partition coefficient (Wildman–Crippen LogP) is -1.24. The Labute approximate surface area is 107 Å². The summed E-state index contributed by atoms with van der Waals surface area (Å²) in [6.45, 7) is 3.61. The Morgan fingerprint density at radius 1 is 1.28 bits per heavy atom. The van der Waals surface area contributed by atoms with Gasteiger partial charge in [0.2, 0.25) is 5.91 Å². The number of rotatable bonds is 3. The van der Waals surface area contributed by atoms with Gasteiger partial charge in [-0.15, -0.1) is 0 Å². The molecule has 2 N–H and O–H groups in total. The van der Waals surface area contributed by atoms with Crippen LogP contribution in [0.15, 0.2) is 0 Å². The molecule has 2 atom stereocenters. The third-order valence-corrected chi connectivity index (χ3v) is 5.35. The molecule has 0 radical (unpaired) electrons. The Kier molecular flexibility index (Phi) is 3.90. The number of hydrogen-bond donors (Lipinski definition) is 1. The standard InChI is InChI=1S/C10H19N3O4S/c1-8-2-3-12(6-8)18(15,16)13-4-5-17-9(7-13)10(11)14/h8-9H,2-7H2,1H3,(H2,11,14)/t8-,9-/m1/s1. The van der Waals surface area contributed by atoms with Crippen LogP contribution >= 0.6 is 0 Å². The highest BCUT2D eigenvalue weighted by Crippen LogP contribution is 2.22. The molecule has 0 bridgehead atoms. The van der Waals surface area contributed by atoms with E-state index in [2.05, 4.69) is 0 Å². The first-order valence-electron chi connectivity index (χ1n) is 6.07. The van der Waals surface area contributed by atoms with Crippen molar-refractivity contribution in [2.75, 3.05) is 32.8 Å². The molecule has 2 aliphatic rings. The van der Waals surface area contributed by atoms with Crippen molar-refractivity contribution >= 4 is 16.1 Å². The normalized spacial score (nSPS) is 31.6. The smallest absolute Gasteiger partial charge is 0.282 e. The monoisotopic (exact) mass is 277 g/mol. The molecule has 104 valence electrons. The minimum Gasteiger partial charge on any atom is -0.367 e. The molecule has 2 rings (SSSR count). The van der Waals surface area contributed by atoms with Crippen molar-refractivity contribution in [3.8, 4) is 0 Å². The Morgan fingerprint density at radius 2 is 1.94 bits per heavy atom. The summed E-state index contributed by atoms with van der Waals surface area (Å²) in [6, 6.07) is 0. The number of nitrogens with two attached hydrogens (primary N) is 1. The first kappa shape index (κ1) is 13.7. The van der Waals surface area contributed by atoms with E-state index in [9.17, 15) is 13.2 Å². The number of carbonyl (C=O) groups excluding carboxylic acids is 1. The Bertz CT molecular complexity index is 425. The number of hydrogen-bond acceptors (Lipinski definition) is 4. The minimum atomic E-state index is -3.48. The first-order valence-corrected chi connectivity index (χ1v) is 7.47. The Morgan fingerprint density at radius 3 is 2.50 bits per heavy atom. The summed E-state index contributed by atoms with van der Waals surface area (Å²) in [5.41, 5.74) is 5.15. The highest BCUT2D eigenvalue weighted by atomic mass is 32.2. The zero-order valence-corrected chi connectivity index (χ0v) is 11.2. The Hall–Kier alpha value is -0.700. The highest BCUT2D eigenvalue weighted by molar-refractivity contribution is 7.86. The summed E-state index contributed by atoms with van der Waals surface area (Å²) in [4.78, 5) is 11.1. The van der Waals surface area contributed by atoms with Crippen LogP contribution in [0.25, 0.3) is 0 Å². The number of primary amides is 1. The van der Waals surface area contributed by atoms with Gasteiger partial charge in [-0.1, -0.05) is 6.92 Å². The fourth-order valence-electron chi connectivity index (χ4n) is 2.27. The van der Waals surface area contributed by atoms with E-state index in [1.165, 1.54) is 8.61 Å². The molecule has 2 aliphatic heterocycles. The minimum absolute atomic E-state index is 0.0164. The highest BCUT2D eigenvalue weighted by Gasteiger charge is 2.38. The van der Waals surface area contributed by atoms with Gasteiger partial charge in [0, 0.05) is 19.6 Å². The maximum absolute atomic E-state index is 12.3. The lowest BCUT2D eigenvalue weighted by atomic mass is 10.2. The van der Waals surface area contributed by atoms with Crippen molar-refractivity contribution in [2.45, 2.75) is 19.4 Å². The average molecular weight is 277 g/mol. The van der Waals surface area contributed by atoms with Crippen molar-refractivity contribution in [1.82, 2.24) is 8.61 Å². The maximum atomic E-state index is 12.3. The lowest BCUT2D eigenvalue weighted by molar-refractivity contribution is -0.132. The fourth-order valence-corrected chi connectivity index (χ4v) is 4.01. The maximum Gasteiger partial charge on any atom is 0.282 e. The van der Waals surface area contributed by atoms with Crippen molar-refractivity contribution in [2.24, 2.45) is 11.7 Å². The SMILES string of the molecule is C[C@@H]1CCN(S(=O)(=O)N2CCO[C@@H](C(N)=O)C2)C1. The molecule has 2 fully saturated rings. The Balaban J connectivity index is 2.07. The molecule has 0 aromatic rings. The van der Waals surface area contributed by atoms with Crippen molar-refractivity contribution in [1.29, 1.82) is 0 Å². The molecule has 8 heteroatoms. The van der Waals surface area contributed by atoms with Crippen molar-refractivity contribution in [3.05, 3.63) is 0 Å². The molecule has 18 heavy (non-hydrogen) atoms. The number of carbonyl (C=O) groups is 1. The molecule has 2 heterocycles. The van der Waals surface area contributed by atoms with Crippen molar-refractivity contribution < 1.29 is 17.9 Å². The van der Waals surface area contributed by atoms with Crippen molar-refractivity contribution in [3.63, 3.8) is 0 Å². The molecular weight excluding hydrogens is 258 g/mol. The van der Waals surface area contributed by atoms with Crippen LogP contribution in [0.3, 0.4) is 0 Å². The van der Waals surface area contributed by atoms with E-state index in [1.807, 2.05) is 6.92 Å². The van der Waals surface area contributed by atoms with Gasteiger partial charge in [0.1, 0.15) is 6.10 Å². The van der Waals surface area contributed by atoms with Gasteiger partial charge in [0.15, 0.2) is 0 Å². The van der Waals surface area contributed by atoms with E-state index in [0.717, 1.165) is 6.42 Å². The molecule has 2 saturated heterocycles. The molecule has 0 spiro atoms.